The number of nitrogens with zero attached hydrogens (tertiary/aromatic N) is 4. The molecule has 0 fully saturated rings. The highest BCUT2D eigenvalue weighted by Crippen LogP contribution is 2.26. The highest BCUT2D eigenvalue weighted by atomic mass is 32.1. The van der Waals surface area contributed by atoms with Crippen molar-refractivity contribution in [2.45, 2.75) is 6.54 Å². The standard InChI is InChI=1S/C19H15N5OS/c25-19(13-24-17-9-5-4-8-16(17)21-23-24)22-20-12-15-10-11-18(26-15)14-6-2-1-3-7-14/h1-12H,13H2,(H,22,25)/b20-12-. The second kappa shape index (κ2) is 7.28. The van der Waals surface area contributed by atoms with Crippen molar-refractivity contribution in [2.24, 2.45) is 5.10 Å². The van der Waals surface area contributed by atoms with Crippen LogP contribution in [0.1, 0.15) is 4.88 Å². The summed E-state index contributed by atoms with van der Waals surface area (Å²) in [6.07, 6.45) is 1.65. The first kappa shape index (κ1) is 16.2. The van der Waals surface area contributed by atoms with E-state index in [-0.39, 0.29) is 12.5 Å². The van der Waals surface area contributed by atoms with Crippen LogP contribution in [-0.4, -0.2) is 27.1 Å². The molecule has 2 aromatic carbocycles. The van der Waals surface area contributed by atoms with Crippen molar-refractivity contribution in [3.05, 3.63) is 71.6 Å². The van der Waals surface area contributed by atoms with Crippen LogP contribution >= 0.6 is 11.3 Å². The Labute approximate surface area is 153 Å². The molecule has 1 amide bonds. The van der Waals surface area contributed by atoms with Gasteiger partial charge in [0.2, 0.25) is 0 Å². The summed E-state index contributed by atoms with van der Waals surface area (Å²) in [6, 6.07) is 21.7. The summed E-state index contributed by atoms with van der Waals surface area (Å²) in [4.78, 5) is 14.2. The number of carbonyl (C=O) groups is 1. The monoisotopic (exact) mass is 361 g/mol. The lowest BCUT2D eigenvalue weighted by Gasteiger charge is -2.00. The van der Waals surface area contributed by atoms with Crippen molar-refractivity contribution in [3.63, 3.8) is 0 Å². The van der Waals surface area contributed by atoms with Crippen LogP contribution in [0.15, 0.2) is 71.8 Å². The fourth-order valence-corrected chi connectivity index (χ4v) is 3.44. The SMILES string of the molecule is O=C(Cn1nnc2ccccc21)N/N=C\c1ccc(-c2ccccc2)s1. The summed E-state index contributed by atoms with van der Waals surface area (Å²) < 4.78 is 1.55. The van der Waals surface area contributed by atoms with Crippen LogP contribution in [0.4, 0.5) is 0 Å². The maximum absolute atomic E-state index is 12.1. The van der Waals surface area contributed by atoms with Crippen molar-refractivity contribution < 1.29 is 4.79 Å². The van der Waals surface area contributed by atoms with Crippen LogP contribution in [-0.2, 0) is 11.3 Å². The van der Waals surface area contributed by atoms with Crippen LogP contribution in [0.25, 0.3) is 21.5 Å². The summed E-state index contributed by atoms with van der Waals surface area (Å²) in [6.45, 7) is 0.0670. The molecule has 2 heterocycles. The normalized spacial score (nSPS) is 11.2. The number of hydrogen-bond donors (Lipinski definition) is 1. The van der Waals surface area contributed by atoms with Crippen LogP contribution in [0.5, 0.6) is 0 Å². The zero-order chi connectivity index (χ0) is 17.8. The van der Waals surface area contributed by atoms with E-state index in [1.807, 2.05) is 54.6 Å². The van der Waals surface area contributed by atoms with Gasteiger partial charge >= 0.3 is 0 Å². The van der Waals surface area contributed by atoms with Gasteiger partial charge in [0.15, 0.2) is 0 Å². The first-order valence-electron chi connectivity index (χ1n) is 8.05. The number of para-hydroxylation sites is 1. The van der Waals surface area contributed by atoms with Gasteiger partial charge in [-0.2, -0.15) is 5.10 Å². The van der Waals surface area contributed by atoms with E-state index in [1.54, 1.807) is 22.2 Å². The predicted molar refractivity (Wildman–Crippen MR) is 103 cm³/mol. The minimum absolute atomic E-state index is 0.0670. The molecule has 0 radical (unpaired) electrons. The van der Waals surface area contributed by atoms with E-state index in [2.05, 4.69) is 33.0 Å². The minimum Gasteiger partial charge on any atom is -0.271 e. The summed E-state index contributed by atoms with van der Waals surface area (Å²) in [7, 11) is 0. The molecule has 0 saturated heterocycles. The van der Waals surface area contributed by atoms with E-state index in [0.29, 0.717) is 0 Å². The van der Waals surface area contributed by atoms with Gasteiger partial charge in [0, 0.05) is 9.75 Å². The molecule has 128 valence electrons. The largest absolute Gasteiger partial charge is 0.271 e. The van der Waals surface area contributed by atoms with Crippen molar-refractivity contribution in [1.82, 2.24) is 20.4 Å². The fourth-order valence-electron chi connectivity index (χ4n) is 2.55. The van der Waals surface area contributed by atoms with Crippen LogP contribution in [0, 0.1) is 0 Å². The third-order valence-electron chi connectivity index (χ3n) is 3.78. The molecule has 26 heavy (non-hydrogen) atoms. The highest BCUT2D eigenvalue weighted by molar-refractivity contribution is 7.17. The van der Waals surface area contributed by atoms with Gasteiger partial charge in [-0.1, -0.05) is 47.7 Å². The van der Waals surface area contributed by atoms with Gasteiger partial charge in [-0.25, -0.2) is 10.1 Å². The topological polar surface area (TPSA) is 72.2 Å². The van der Waals surface area contributed by atoms with Crippen LogP contribution in [0.2, 0.25) is 0 Å². The van der Waals surface area contributed by atoms with E-state index >= 15 is 0 Å². The third kappa shape index (κ3) is 3.52. The number of aromatic nitrogens is 3. The van der Waals surface area contributed by atoms with Gasteiger partial charge in [0.05, 0.1) is 11.7 Å². The van der Waals surface area contributed by atoms with E-state index < -0.39 is 0 Å². The molecule has 0 unspecified atom stereocenters. The molecule has 4 aromatic rings. The summed E-state index contributed by atoms with van der Waals surface area (Å²) in [5.74, 6) is -0.253. The Hall–Kier alpha value is -3.32. The Morgan fingerprint density at radius 1 is 1.08 bits per heavy atom. The van der Waals surface area contributed by atoms with Gasteiger partial charge in [-0.3, -0.25) is 4.79 Å². The predicted octanol–water partition coefficient (Wildman–Crippen LogP) is 3.31. The van der Waals surface area contributed by atoms with Gasteiger partial charge in [-0.15, -0.1) is 16.4 Å². The van der Waals surface area contributed by atoms with Crippen LogP contribution < -0.4 is 5.43 Å². The highest BCUT2D eigenvalue weighted by Gasteiger charge is 2.07. The zero-order valence-electron chi connectivity index (χ0n) is 13.7. The number of hydrazone groups is 1. The average Bonchev–Trinajstić information content (AvgIpc) is 3.30. The molecule has 7 heteroatoms. The molecule has 0 atom stereocenters. The minimum atomic E-state index is -0.253. The second-order valence-electron chi connectivity index (χ2n) is 5.60. The van der Waals surface area contributed by atoms with E-state index in [9.17, 15) is 4.79 Å². The molecular formula is C19H15N5OS. The molecule has 0 aliphatic heterocycles. The Kier molecular flexibility index (Phi) is 4.53. The Morgan fingerprint density at radius 3 is 2.77 bits per heavy atom. The number of fused-ring (bicyclic) bond motifs is 1. The molecule has 0 spiro atoms. The molecule has 0 bridgehead atoms. The number of carbonyl (C=O) groups excluding carboxylic acids is 1. The Balaban J connectivity index is 1.38. The molecular weight excluding hydrogens is 346 g/mol. The van der Waals surface area contributed by atoms with E-state index in [1.165, 1.54) is 5.56 Å². The van der Waals surface area contributed by atoms with Crippen molar-refractivity contribution >= 4 is 34.5 Å². The summed E-state index contributed by atoms with van der Waals surface area (Å²) in [5, 5.41) is 12.1. The molecule has 6 nitrogen and oxygen atoms in total. The number of thiophene rings is 1. The van der Waals surface area contributed by atoms with E-state index in [4.69, 9.17) is 0 Å². The van der Waals surface area contributed by atoms with Gasteiger partial charge < -0.3 is 0 Å². The first-order valence-corrected chi connectivity index (χ1v) is 8.87. The molecule has 2 aromatic heterocycles. The summed E-state index contributed by atoms with van der Waals surface area (Å²) >= 11 is 1.62. The van der Waals surface area contributed by atoms with Gasteiger partial charge in [0.25, 0.3) is 5.91 Å². The number of nitrogens with one attached hydrogen (secondary N) is 1. The van der Waals surface area contributed by atoms with Crippen molar-refractivity contribution in [1.29, 1.82) is 0 Å². The number of hydrogen-bond acceptors (Lipinski definition) is 5. The lowest BCUT2D eigenvalue weighted by atomic mass is 10.2. The lowest BCUT2D eigenvalue weighted by Crippen LogP contribution is -2.23. The Bertz CT molecular complexity index is 1070. The molecule has 0 saturated carbocycles. The van der Waals surface area contributed by atoms with Gasteiger partial charge in [-0.05, 0) is 29.8 Å². The van der Waals surface area contributed by atoms with E-state index in [0.717, 1.165) is 20.8 Å². The molecule has 4 rings (SSSR count). The van der Waals surface area contributed by atoms with Crippen LogP contribution in [0.3, 0.4) is 0 Å². The van der Waals surface area contributed by atoms with Gasteiger partial charge in [0.1, 0.15) is 12.1 Å². The summed E-state index contributed by atoms with van der Waals surface area (Å²) in [5.41, 5.74) is 5.27. The van der Waals surface area contributed by atoms with Crippen molar-refractivity contribution in [3.8, 4) is 10.4 Å². The third-order valence-corrected chi connectivity index (χ3v) is 4.85. The molecule has 1 N–H and O–H groups in total. The first-order chi connectivity index (χ1) is 12.8. The number of rotatable bonds is 5. The number of amides is 1. The Morgan fingerprint density at radius 2 is 1.88 bits per heavy atom. The smallest absolute Gasteiger partial charge is 0.261 e. The lowest BCUT2D eigenvalue weighted by molar-refractivity contribution is -0.121. The quantitative estimate of drug-likeness (QED) is 0.438. The average molecular weight is 361 g/mol. The molecule has 0 aliphatic rings. The second-order valence-corrected chi connectivity index (χ2v) is 6.71. The zero-order valence-corrected chi connectivity index (χ0v) is 14.6. The maximum atomic E-state index is 12.1. The maximum Gasteiger partial charge on any atom is 0.261 e. The molecule has 0 aliphatic carbocycles. The van der Waals surface area contributed by atoms with Crippen molar-refractivity contribution in [2.75, 3.05) is 0 Å². The number of benzene rings is 2. The fraction of sp³-hybridized carbons (Fsp3) is 0.0526.